The predicted octanol–water partition coefficient (Wildman–Crippen LogP) is 3.70. The molecule has 1 amide bonds. The van der Waals surface area contributed by atoms with Gasteiger partial charge in [0.1, 0.15) is 5.82 Å². The van der Waals surface area contributed by atoms with Crippen LogP contribution in [-0.2, 0) is 6.54 Å². The van der Waals surface area contributed by atoms with Crippen molar-refractivity contribution in [1.82, 2.24) is 5.32 Å². The lowest BCUT2D eigenvalue weighted by Gasteiger charge is -2.08. The summed E-state index contributed by atoms with van der Waals surface area (Å²) in [5, 5.41) is 3.19. The number of nitrogens with one attached hydrogen (secondary N) is 1. The van der Waals surface area contributed by atoms with Crippen LogP contribution in [0.1, 0.15) is 15.9 Å². The third kappa shape index (κ3) is 3.49. The molecule has 0 aromatic heterocycles. The molecule has 0 aliphatic rings. The van der Waals surface area contributed by atoms with Gasteiger partial charge in [0, 0.05) is 16.5 Å². The summed E-state index contributed by atoms with van der Waals surface area (Å²) in [6.07, 6.45) is 0. The van der Waals surface area contributed by atoms with E-state index < -0.39 is 11.7 Å². The first-order chi connectivity index (χ1) is 9.08. The van der Waals surface area contributed by atoms with Crippen molar-refractivity contribution in [3.8, 4) is 0 Å². The van der Waals surface area contributed by atoms with Crippen LogP contribution < -0.4 is 5.32 Å². The number of carbonyl (C=O) groups is 1. The molecule has 0 atom stereocenters. The third-order valence-corrected chi connectivity index (χ3v) is 3.24. The highest BCUT2D eigenvalue weighted by molar-refractivity contribution is 7.80. The maximum atomic E-state index is 13.5. The monoisotopic (exact) mass is 295 g/mol. The molecule has 0 radical (unpaired) electrons. The van der Waals surface area contributed by atoms with Crippen LogP contribution in [0.2, 0.25) is 5.02 Å². The van der Waals surface area contributed by atoms with E-state index in [1.807, 2.05) is 6.07 Å². The molecule has 1 N–H and O–H groups in total. The van der Waals surface area contributed by atoms with Crippen molar-refractivity contribution < 1.29 is 9.18 Å². The van der Waals surface area contributed by atoms with Gasteiger partial charge in [0.15, 0.2) is 0 Å². The zero-order valence-corrected chi connectivity index (χ0v) is 11.5. The van der Waals surface area contributed by atoms with E-state index in [2.05, 4.69) is 17.9 Å². The van der Waals surface area contributed by atoms with Gasteiger partial charge in [-0.3, -0.25) is 4.79 Å². The highest BCUT2D eigenvalue weighted by Gasteiger charge is 2.12. The first-order valence-corrected chi connectivity index (χ1v) is 6.40. The van der Waals surface area contributed by atoms with E-state index in [0.29, 0.717) is 9.92 Å². The lowest BCUT2D eigenvalue weighted by Crippen LogP contribution is -2.24. The Balaban J connectivity index is 2.10. The molecule has 2 aromatic carbocycles. The van der Waals surface area contributed by atoms with Gasteiger partial charge in [-0.2, -0.15) is 0 Å². The Morgan fingerprint density at radius 2 is 2.00 bits per heavy atom. The van der Waals surface area contributed by atoms with Crippen molar-refractivity contribution in [3.05, 3.63) is 64.4 Å². The number of amides is 1. The van der Waals surface area contributed by atoms with Crippen molar-refractivity contribution in [1.29, 1.82) is 0 Å². The Morgan fingerprint density at radius 3 is 2.74 bits per heavy atom. The van der Waals surface area contributed by atoms with Gasteiger partial charge in [-0.25, -0.2) is 4.39 Å². The fourth-order valence-electron chi connectivity index (χ4n) is 1.60. The molecule has 2 rings (SSSR count). The Kier molecular flexibility index (Phi) is 4.45. The van der Waals surface area contributed by atoms with Crippen LogP contribution in [-0.4, -0.2) is 5.91 Å². The summed E-state index contributed by atoms with van der Waals surface area (Å²) < 4.78 is 13.5. The van der Waals surface area contributed by atoms with Crippen LogP contribution in [0.15, 0.2) is 47.4 Å². The fraction of sp³-hybridized carbons (Fsp3) is 0.0714. The van der Waals surface area contributed by atoms with Crippen molar-refractivity contribution >= 4 is 30.1 Å². The van der Waals surface area contributed by atoms with Crippen LogP contribution in [0.3, 0.4) is 0 Å². The number of halogens is 2. The number of carbonyl (C=O) groups excluding carboxylic acids is 1. The molecule has 2 aromatic rings. The molecule has 5 heteroatoms. The molecule has 2 nitrogen and oxygen atoms in total. The Hall–Kier alpha value is -1.52. The number of thiol groups is 1. The van der Waals surface area contributed by atoms with Gasteiger partial charge < -0.3 is 5.32 Å². The zero-order valence-electron chi connectivity index (χ0n) is 9.86. The van der Waals surface area contributed by atoms with Crippen LogP contribution in [0.25, 0.3) is 0 Å². The summed E-state index contributed by atoms with van der Waals surface area (Å²) in [5.74, 6) is -1.07. The lowest BCUT2D eigenvalue weighted by atomic mass is 10.2. The van der Waals surface area contributed by atoms with Crippen molar-refractivity contribution in [2.75, 3.05) is 0 Å². The molecular weight excluding hydrogens is 285 g/mol. The lowest BCUT2D eigenvalue weighted by molar-refractivity contribution is 0.0946. The minimum Gasteiger partial charge on any atom is -0.348 e. The minimum absolute atomic E-state index is 0.0282. The SMILES string of the molecule is O=C(NCc1ccccc1Cl)c1cc(S)ccc1F. The largest absolute Gasteiger partial charge is 0.348 e. The van der Waals surface area contributed by atoms with Crippen LogP contribution in [0.5, 0.6) is 0 Å². The summed E-state index contributed by atoms with van der Waals surface area (Å²) in [5.41, 5.74) is 0.750. The second kappa shape index (κ2) is 6.08. The number of hydrogen-bond acceptors (Lipinski definition) is 2. The topological polar surface area (TPSA) is 29.1 Å². The van der Waals surface area contributed by atoms with Crippen molar-refractivity contribution in [3.63, 3.8) is 0 Å². The Morgan fingerprint density at radius 1 is 1.26 bits per heavy atom. The molecule has 0 unspecified atom stereocenters. The van der Waals surface area contributed by atoms with Gasteiger partial charge in [0.05, 0.1) is 5.56 Å². The first kappa shape index (κ1) is 13.9. The Labute approximate surface area is 121 Å². The van der Waals surface area contributed by atoms with E-state index in [9.17, 15) is 9.18 Å². The molecule has 98 valence electrons. The summed E-state index contributed by atoms with van der Waals surface area (Å²) in [7, 11) is 0. The van der Waals surface area contributed by atoms with E-state index in [1.54, 1.807) is 18.2 Å². The second-order valence-electron chi connectivity index (χ2n) is 3.94. The van der Waals surface area contributed by atoms with Crippen LogP contribution in [0, 0.1) is 5.82 Å². The molecule has 0 aliphatic heterocycles. The van der Waals surface area contributed by atoms with Crippen molar-refractivity contribution in [2.45, 2.75) is 11.4 Å². The molecular formula is C14H11ClFNOS. The summed E-state index contributed by atoms with van der Waals surface area (Å²) in [6, 6.07) is 11.3. The third-order valence-electron chi connectivity index (χ3n) is 2.59. The molecule has 0 spiro atoms. The quantitative estimate of drug-likeness (QED) is 0.831. The summed E-state index contributed by atoms with van der Waals surface area (Å²) in [6.45, 7) is 0.245. The van der Waals surface area contributed by atoms with E-state index in [1.165, 1.54) is 18.2 Å². The molecule has 0 fully saturated rings. The predicted molar refractivity (Wildman–Crippen MR) is 76.3 cm³/mol. The Bertz CT molecular complexity index is 618. The van der Waals surface area contributed by atoms with Crippen LogP contribution in [0.4, 0.5) is 4.39 Å². The van der Waals surface area contributed by atoms with Crippen molar-refractivity contribution in [2.24, 2.45) is 0 Å². The molecule has 0 saturated heterocycles. The van der Waals surface area contributed by atoms with Gasteiger partial charge in [0.25, 0.3) is 5.91 Å². The van der Waals surface area contributed by atoms with E-state index in [4.69, 9.17) is 11.6 Å². The summed E-state index contributed by atoms with van der Waals surface area (Å²) in [4.78, 5) is 12.4. The van der Waals surface area contributed by atoms with Gasteiger partial charge in [0.2, 0.25) is 0 Å². The van der Waals surface area contributed by atoms with E-state index in [-0.39, 0.29) is 12.1 Å². The van der Waals surface area contributed by atoms with E-state index in [0.717, 1.165) is 5.56 Å². The number of benzene rings is 2. The normalized spacial score (nSPS) is 10.3. The van der Waals surface area contributed by atoms with Crippen LogP contribution >= 0.6 is 24.2 Å². The molecule has 0 heterocycles. The molecule has 19 heavy (non-hydrogen) atoms. The highest BCUT2D eigenvalue weighted by Crippen LogP contribution is 2.16. The standard InChI is InChI=1S/C14H11ClFNOS/c15-12-4-2-1-3-9(12)8-17-14(18)11-7-10(19)5-6-13(11)16/h1-7,19H,8H2,(H,17,18). The fourth-order valence-corrected chi connectivity index (χ4v) is 2.01. The number of rotatable bonds is 3. The maximum Gasteiger partial charge on any atom is 0.254 e. The second-order valence-corrected chi connectivity index (χ2v) is 4.86. The van der Waals surface area contributed by atoms with E-state index >= 15 is 0 Å². The van der Waals surface area contributed by atoms with Gasteiger partial charge in [-0.1, -0.05) is 29.8 Å². The highest BCUT2D eigenvalue weighted by atomic mass is 35.5. The van der Waals surface area contributed by atoms with Gasteiger partial charge in [-0.05, 0) is 29.8 Å². The number of hydrogen-bond donors (Lipinski definition) is 2. The van der Waals surface area contributed by atoms with Gasteiger partial charge >= 0.3 is 0 Å². The zero-order chi connectivity index (χ0) is 13.8. The average Bonchev–Trinajstić information content (AvgIpc) is 2.40. The molecule has 0 aliphatic carbocycles. The smallest absolute Gasteiger partial charge is 0.254 e. The first-order valence-electron chi connectivity index (χ1n) is 5.58. The molecule has 0 bridgehead atoms. The molecule has 0 saturated carbocycles. The summed E-state index contributed by atoms with van der Waals surface area (Å²) >= 11 is 10.1. The average molecular weight is 296 g/mol. The maximum absolute atomic E-state index is 13.5. The van der Waals surface area contributed by atoms with Gasteiger partial charge in [-0.15, -0.1) is 12.6 Å². The minimum atomic E-state index is -0.575.